The third kappa shape index (κ3) is 5.73. The van der Waals surface area contributed by atoms with Crippen molar-refractivity contribution in [3.8, 4) is 11.5 Å². The molecule has 7 heteroatoms. The molecular formula is C24H22N4O2S. The number of nitrogens with one attached hydrogen (secondary N) is 2. The number of anilines is 1. The second-order valence-electron chi connectivity index (χ2n) is 6.76. The molecule has 0 radical (unpaired) electrons. The minimum atomic E-state index is -0.187. The lowest BCUT2D eigenvalue weighted by Crippen LogP contribution is -2.20. The topological polar surface area (TPSA) is 75.6 Å². The van der Waals surface area contributed by atoms with Crippen molar-refractivity contribution in [1.82, 2.24) is 10.3 Å². The van der Waals surface area contributed by atoms with E-state index >= 15 is 0 Å². The van der Waals surface area contributed by atoms with Crippen LogP contribution < -0.4 is 15.4 Å². The number of aromatic nitrogens is 1. The van der Waals surface area contributed by atoms with Crippen LogP contribution in [0.4, 0.5) is 5.69 Å². The molecule has 1 aliphatic rings. The number of hydrogen-bond acceptors (Lipinski definition) is 6. The molecule has 156 valence electrons. The van der Waals surface area contributed by atoms with Gasteiger partial charge in [-0.2, -0.15) is 0 Å². The lowest BCUT2D eigenvalue weighted by atomic mass is 10.2. The first-order valence-electron chi connectivity index (χ1n) is 9.85. The molecule has 4 rings (SSSR count). The summed E-state index contributed by atoms with van der Waals surface area (Å²) in [5, 5.41) is 6.09. The van der Waals surface area contributed by atoms with Crippen LogP contribution >= 0.6 is 11.8 Å². The lowest BCUT2D eigenvalue weighted by Gasteiger charge is -2.08. The summed E-state index contributed by atoms with van der Waals surface area (Å²) in [6.07, 6.45) is 6.98. The molecular weight excluding hydrogens is 408 g/mol. The second-order valence-corrected chi connectivity index (χ2v) is 7.64. The number of carbonyl (C=O) groups excluding carboxylic acids is 1. The van der Waals surface area contributed by atoms with Crippen LogP contribution in [0.2, 0.25) is 0 Å². The van der Waals surface area contributed by atoms with Gasteiger partial charge < -0.3 is 15.4 Å². The smallest absolute Gasteiger partial charge is 0.248 e. The number of hydrogen-bond donors (Lipinski definition) is 2. The molecule has 1 amide bonds. The molecule has 2 N–H and O–H groups in total. The number of ether oxygens (including phenoxy) is 1. The summed E-state index contributed by atoms with van der Waals surface area (Å²) < 4.78 is 5.99. The Morgan fingerprint density at radius 1 is 1.13 bits per heavy atom. The zero-order chi connectivity index (χ0) is 21.5. The summed E-state index contributed by atoms with van der Waals surface area (Å²) >= 11 is 1.63. The molecule has 3 aromatic rings. The Morgan fingerprint density at radius 2 is 2.00 bits per heavy atom. The molecule has 0 bridgehead atoms. The lowest BCUT2D eigenvalue weighted by molar-refractivity contribution is -0.111. The zero-order valence-corrected chi connectivity index (χ0v) is 17.9. The van der Waals surface area contributed by atoms with Gasteiger partial charge in [0.2, 0.25) is 5.91 Å². The SMILES string of the molecule is CSc1cccc(NC(=O)C=Cc2cccc(Oc3ccnc(C4=NCCN4)c3)c2)c1. The van der Waals surface area contributed by atoms with E-state index in [9.17, 15) is 4.79 Å². The van der Waals surface area contributed by atoms with Crippen LogP contribution in [-0.4, -0.2) is 36.1 Å². The van der Waals surface area contributed by atoms with Crippen LogP contribution in [0.15, 0.2) is 82.8 Å². The quantitative estimate of drug-likeness (QED) is 0.423. The molecule has 31 heavy (non-hydrogen) atoms. The van der Waals surface area contributed by atoms with E-state index in [1.807, 2.05) is 60.9 Å². The van der Waals surface area contributed by atoms with Gasteiger partial charge in [0.15, 0.2) is 0 Å². The molecule has 2 heterocycles. The number of rotatable bonds is 7. The highest BCUT2D eigenvalue weighted by Crippen LogP contribution is 2.23. The third-order valence-corrected chi connectivity index (χ3v) is 5.23. The number of amides is 1. The summed E-state index contributed by atoms with van der Waals surface area (Å²) in [5.41, 5.74) is 2.39. The fraction of sp³-hybridized carbons (Fsp3) is 0.125. The van der Waals surface area contributed by atoms with Crippen LogP contribution in [0.25, 0.3) is 6.08 Å². The molecule has 0 atom stereocenters. The normalized spacial score (nSPS) is 13.0. The first-order valence-corrected chi connectivity index (χ1v) is 11.1. The van der Waals surface area contributed by atoms with Gasteiger partial charge in [-0.05, 0) is 54.3 Å². The number of benzene rings is 2. The van der Waals surface area contributed by atoms with E-state index in [1.165, 1.54) is 6.08 Å². The summed E-state index contributed by atoms with van der Waals surface area (Å²) in [6.45, 7) is 1.58. The average Bonchev–Trinajstić information content (AvgIpc) is 3.33. The fourth-order valence-corrected chi connectivity index (χ4v) is 3.51. The first kappa shape index (κ1) is 20.7. The first-order chi connectivity index (χ1) is 15.2. The van der Waals surface area contributed by atoms with Crippen molar-refractivity contribution < 1.29 is 9.53 Å². The molecule has 2 aromatic carbocycles. The Bertz CT molecular complexity index is 1140. The zero-order valence-electron chi connectivity index (χ0n) is 17.0. The predicted octanol–water partition coefficient (Wildman–Crippen LogP) is 4.60. The number of nitrogens with zero attached hydrogens (tertiary/aromatic N) is 2. The molecule has 0 aliphatic carbocycles. The van der Waals surface area contributed by atoms with Crippen molar-refractivity contribution >= 4 is 35.3 Å². The summed E-state index contributed by atoms with van der Waals surface area (Å²) in [6, 6.07) is 19.0. The van der Waals surface area contributed by atoms with Crippen molar-refractivity contribution in [3.05, 3.63) is 84.2 Å². The van der Waals surface area contributed by atoms with Gasteiger partial charge in [0.25, 0.3) is 0 Å². The van der Waals surface area contributed by atoms with Gasteiger partial charge in [0, 0.05) is 35.5 Å². The highest BCUT2D eigenvalue weighted by atomic mass is 32.2. The minimum absolute atomic E-state index is 0.187. The van der Waals surface area contributed by atoms with Gasteiger partial charge in [0.1, 0.15) is 23.0 Å². The van der Waals surface area contributed by atoms with Crippen LogP contribution in [0.1, 0.15) is 11.3 Å². The van der Waals surface area contributed by atoms with E-state index in [2.05, 4.69) is 20.6 Å². The number of carbonyl (C=O) groups is 1. The number of pyridine rings is 1. The van der Waals surface area contributed by atoms with E-state index in [1.54, 1.807) is 30.1 Å². The van der Waals surface area contributed by atoms with Gasteiger partial charge in [0.05, 0.1) is 6.54 Å². The Morgan fingerprint density at radius 3 is 2.84 bits per heavy atom. The maximum atomic E-state index is 12.3. The summed E-state index contributed by atoms with van der Waals surface area (Å²) in [4.78, 5) is 22.1. The standard InChI is InChI=1S/C24H22N4O2S/c1-31-21-7-3-5-18(15-21)28-23(29)9-8-17-4-2-6-19(14-17)30-20-10-11-25-22(16-20)24-26-12-13-27-24/h2-11,14-16H,12-13H2,1H3,(H,26,27)(H,28,29). The van der Waals surface area contributed by atoms with Gasteiger partial charge in [-0.3, -0.25) is 14.8 Å². The van der Waals surface area contributed by atoms with Crippen LogP contribution in [-0.2, 0) is 4.79 Å². The number of amidine groups is 1. The Balaban J connectivity index is 1.41. The molecule has 0 spiro atoms. The van der Waals surface area contributed by atoms with Crippen molar-refractivity contribution in [1.29, 1.82) is 0 Å². The van der Waals surface area contributed by atoms with Gasteiger partial charge >= 0.3 is 0 Å². The summed E-state index contributed by atoms with van der Waals surface area (Å²) in [7, 11) is 0. The Hall–Kier alpha value is -3.58. The van der Waals surface area contributed by atoms with Crippen molar-refractivity contribution in [2.75, 3.05) is 24.7 Å². The maximum absolute atomic E-state index is 12.3. The predicted molar refractivity (Wildman–Crippen MR) is 126 cm³/mol. The van der Waals surface area contributed by atoms with E-state index < -0.39 is 0 Å². The molecule has 0 saturated carbocycles. The van der Waals surface area contributed by atoms with Crippen LogP contribution in [0, 0.1) is 0 Å². The molecule has 0 unspecified atom stereocenters. The molecule has 1 aliphatic heterocycles. The van der Waals surface area contributed by atoms with Crippen molar-refractivity contribution in [2.45, 2.75) is 4.90 Å². The average molecular weight is 431 g/mol. The van der Waals surface area contributed by atoms with Gasteiger partial charge in [-0.15, -0.1) is 11.8 Å². The maximum Gasteiger partial charge on any atom is 0.248 e. The number of aliphatic imine (C=N–C) groups is 1. The van der Waals surface area contributed by atoms with Gasteiger partial charge in [-0.1, -0.05) is 18.2 Å². The monoisotopic (exact) mass is 430 g/mol. The van der Waals surface area contributed by atoms with E-state index in [0.29, 0.717) is 11.5 Å². The van der Waals surface area contributed by atoms with E-state index in [4.69, 9.17) is 4.74 Å². The second kappa shape index (κ2) is 9.95. The van der Waals surface area contributed by atoms with E-state index in [0.717, 1.165) is 40.8 Å². The Labute approximate surface area is 185 Å². The molecule has 1 aromatic heterocycles. The number of thioether (sulfide) groups is 1. The largest absolute Gasteiger partial charge is 0.457 e. The van der Waals surface area contributed by atoms with E-state index in [-0.39, 0.29) is 5.91 Å². The highest BCUT2D eigenvalue weighted by molar-refractivity contribution is 7.98. The van der Waals surface area contributed by atoms with Crippen LogP contribution in [0.5, 0.6) is 11.5 Å². The molecule has 0 saturated heterocycles. The Kier molecular flexibility index (Phi) is 6.64. The molecule has 6 nitrogen and oxygen atoms in total. The fourth-order valence-electron chi connectivity index (χ4n) is 3.05. The summed E-state index contributed by atoms with van der Waals surface area (Å²) in [5.74, 6) is 1.95. The third-order valence-electron chi connectivity index (χ3n) is 4.51. The minimum Gasteiger partial charge on any atom is -0.457 e. The van der Waals surface area contributed by atoms with Gasteiger partial charge in [-0.25, -0.2) is 0 Å². The highest BCUT2D eigenvalue weighted by Gasteiger charge is 2.10. The van der Waals surface area contributed by atoms with Crippen LogP contribution in [0.3, 0.4) is 0 Å². The molecule has 0 fully saturated rings. The van der Waals surface area contributed by atoms with Crippen molar-refractivity contribution in [2.24, 2.45) is 4.99 Å². The van der Waals surface area contributed by atoms with Crippen molar-refractivity contribution in [3.63, 3.8) is 0 Å².